The van der Waals surface area contributed by atoms with Crippen LogP contribution in [-0.4, -0.2) is 19.2 Å². The van der Waals surface area contributed by atoms with Crippen molar-refractivity contribution in [1.29, 1.82) is 0 Å². The quantitative estimate of drug-likeness (QED) is 0.843. The SMILES string of the molecule is CN(C)c1ccc(NC(=S)Nc2ccc(F)cc2)cc1. The predicted octanol–water partition coefficient (Wildman–Crippen LogP) is 3.70. The molecular weight excluding hydrogens is 273 g/mol. The van der Waals surface area contributed by atoms with Crippen molar-refractivity contribution in [3.8, 4) is 0 Å². The second kappa shape index (κ2) is 6.34. The van der Waals surface area contributed by atoms with E-state index in [0.29, 0.717) is 5.11 Å². The minimum Gasteiger partial charge on any atom is -0.378 e. The summed E-state index contributed by atoms with van der Waals surface area (Å²) >= 11 is 5.21. The van der Waals surface area contributed by atoms with Crippen LogP contribution >= 0.6 is 12.2 Å². The van der Waals surface area contributed by atoms with Crippen LogP contribution in [0.2, 0.25) is 0 Å². The first-order valence-electron chi connectivity index (χ1n) is 6.15. The first-order chi connectivity index (χ1) is 9.54. The zero-order chi connectivity index (χ0) is 14.5. The van der Waals surface area contributed by atoms with Gasteiger partial charge >= 0.3 is 0 Å². The largest absolute Gasteiger partial charge is 0.378 e. The lowest BCUT2D eigenvalue weighted by atomic mass is 10.2. The maximum absolute atomic E-state index is 12.8. The topological polar surface area (TPSA) is 27.3 Å². The summed E-state index contributed by atoms with van der Waals surface area (Å²) in [6, 6.07) is 14.0. The minimum atomic E-state index is -0.270. The number of anilines is 3. The van der Waals surface area contributed by atoms with E-state index in [9.17, 15) is 4.39 Å². The molecule has 0 aliphatic carbocycles. The second-order valence-corrected chi connectivity index (χ2v) is 4.94. The molecule has 0 unspecified atom stereocenters. The summed E-state index contributed by atoms with van der Waals surface area (Å²) in [5.74, 6) is -0.270. The number of nitrogens with one attached hydrogen (secondary N) is 2. The van der Waals surface area contributed by atoms with E-state index in [0.717, 1.165) is 17.1 Å². The van der Waals surface area contributed by atoms with E-state index in [1.165, 1.54) is 12.1 Å². The summed E-state index contributed by atoms with van der Waals surface area (Å²) in [5, 5.41) is 6.54. The average Bonchev–Trinajstić information content (AvgIpc) is 2.42. The van der Waals surface area contributed by atoms with Gasteiger partial charge in [-0.15, -0.1) is 0 Å². The van der Waals surface area contributed by atoms with Crippen LogP contribution < -0.4 is 15.5 Å². The standard InChI is InChI=1S/C15H16FN3S/c1-19(2)14-9-7-13(8-10-14)18-15(20)17-12-5-3-11(16)4-6-12/h3-10H,1-2H3,(H2,17,18,20). The van der Waals surface area contributed by atoms with Crippen LogP contribution in [0.15, 0.2) is 48.5 Å². The molecule has 0 saturated carbocycles. The van der Waals surface area contributed by atoms with E-state index >= 15 is 0 Å². The monoisotopic (exact) mass is 289 g/mol. The van der Waals surface area contributed by atoms with Crippen molar-refractivity contribution in [2.45, 2.75) is 0 Å². The molecule has 0 heterocycles. The first-order valence-corrected chi connectivity index (χ1v) is 6.56. The van der Waals surface area contributed by atoms with E-state index < -0.39 is 0 Å². The highest BCUT2D eigenvalue weighted by Gasteiger charge is 2.00. The van der Waals surface area contributed by atoms with Gasteiger partial charge in [0.25, 0.3) is 0 Å². The minimum absolute atomic E-state index is 0.270. The number of hydrogen-bond donors (Lipinski definition) is 2. The second-order valence-electron chi connectivity index (χ2n) is 4.53. The molecule has 3 nitrogen and oxygen atoms in total. The Bertz CT molecular complexity index is 579. The normalized spacial score (nSPS) is 9.95. The Hall–Kier alpha value is -2.14. The van der Waals surface area contributed by atoms with Gasteiger partial charge in [0.15, 0.2) is 5.11 Å². The van der Waals surface area contributed by atoms with Crippen LogP contribution in [0, 0.1) is 5.82 Å². The fourth-order valence-corrected chi connectivity index (χ4v) is 1.91. The van der Waals surface area contributed by atoms with Crippen LogP contribution in [0.25, 0.3) is 0 Å². The Balaban J connectivity index is 1.95. The van der Waals surface area contributed by atoms with Gasteiger partial charge in [0, 0.05) is 31.2 Å². The molecule has 5 heteroatoms. The third-order valence-corrected chi connectivity index (χ3v) is 2.95. The molecule has 2 N–H and O–H groups in total. The van der Waals surface area contributed by atoms with Crippen LogP contribution in [0.4, 0.5) is 21.5 Å². The van der Waals surface area contributed by atoms with E-state index in [1.807, 2.05) is 43.3 Å². The van der Waals surface area contributed by atoms with Crippen LogP contribution in [0.3, 0.4) is 0 Å². The Morgan fingerprint density at radius 1 is 0.900 bits per heavy atom. The highest BCUT2D eigenvalue weighted by Crippen LogP contribution is 2.16. The van der Waals surface area contributed by atoms with Gasteiger partial charge in [0.2, 0.25) is 0 Å². The van der Waals surface area contributed by atoms with Crippen molar-refractivity contribution in [2.75, 3.05) is 29.6 Å². The Kier molecular flexibility index (Phi) is 4.53. The Labute approximate surface area is 123 Å². The van der Waals surface area contributed by atoms with Crippen molar-refractivity contribution in [3.05, 3.63) is 54.3 Å². The zero-order valence-electron chi connectivity index (χ0n) is 11.4. The molecule has 0 saturated heterocycles. The Morgan fingerprint density at radius 2 is 1.35 bits per heavy atom. The third kappa shape index (κ3) is 3.93. The third-order valence-electron chi connectivity index (χ3n) is 2.74. The summed E-state index contributed by atoms with van der Waals surface area (Å²) in [4.78, 5) is 2.03. The molecule has 20 heavy (non-hydrogen) atoms. The van der Waals surface area contributed by atoms with Crippen molar-refractivity contribution in [1.82, 2.24) is 0 Å². The number of benzene rings is 2. The molecule has 0 aliphatic rings. The molecule has 0 radical (unpaired) electrons. The maximum Gasteiger partial charge on any atom is 0.175 e. The predicted molar refractivity (Wildman–Crippen MR) is 87.0 cm³/mol. The number of nitrogens with zero attached hydrogens (tertiary/aromatic N) is 1. The first kappa shape index (κ1) is 14.3. The fraction of sp³-hybridized carbons (Fsp3) is 0.133. The van der Waals surface area contributed by atoms with Crippen molar-refractivity contribution in [3.63, 3.8) is 0 Å². The lowest BCUT2D eigenvalue weighted by Gasteiger charge is -2.14. The highest BCUT2D eigenvalue weighted by molar-refractivity contribution is 7.80. The molecule has 0 fully saturated rings. The lowest BCUT2D eigenvalue weighted by molar-refractivity contribution is 0.628. The van der Waals surface area contributed by atoms with Crippen molar-refractivity contribution < 1.29 is 4.39 Å². The zero-order valence-corrected chi connectivity index (χ0v) is 12.2. The number of hydrogen-bond acceptors (Lipinski definition) is 2. The number of thiocarbonyl (C=S) groups is 1. The summed E-state index contributed by atoms with van der Waals surface area (Å²) in [6.45, 7) is 0. The summed E-state index contributed by atoms with van der Waals surface area (Å²) in [6.07, 6.45) is 0. The van der Waals surface area contributed by atoms with Crippen LogP contribution in [0.5, 0.6) is 0 Å². The number of rotatable bonds is 3. The summed E-state index contributed by atoms with van der Waals surface area (Å²) in [7, 11) is 3.98. The molecule has 104 valence electrons. The average molecular weight is 289 g/mol. The molecule has 0 aliphatic heterocycles. The molecule has 2 aromatic rings. The van der Waals surface area contributed by atoms with Gasteiger partial charge in [-0.25, -0.2) is 4.39 Å². The van der Waals surface area contributed by atoms with Crippen molar-refractivity contribution >= 4 is 34.4 Å². The molecule has 0 spiro atoms. The van der Waals surface area contributed by atoms with Gasteiger partial charge in [-0.2, -0.15) is 0 Å². The van der Waals surface area contributed by atoms with E-state index in [2.05, 4.69) is 10.6 Å². The fourth-order valence-electron chi connectivity index (χ4n) is 1.67. The maximum atomic E-state index is 12.8. The van der Waals surface area contributed by atoms with Gasteiger partial charge in [-0.3, -0.25) is 0 Å². The van der Waals surface area contributed by atoms with Gasteiger partial charge in [0.1, 0.15) is 5.82 Å². The van der Waals surface area contributed by atoms with E-state index in [4.69, 9.17) is 12.2 Å². The molecule has 0 amide bonds. The van der Waals surface area contributed by atoms with Gasteiger partial charge in [-0.05, 0) is 60.7 Å². The molecule has 0 aromatic heterocycles. The summed E-state index contributed by atoms with van der Waals surface area (Å²) in [5.41, 5.74) is 2.76. The van der Waals surface area contributed by atoms with E-state index in [-0.39, 0.29) is 5.82 Å². The van der Waals surface area contributed by atoms with Gasteiger partial charge < -0.3 is 15.5 Å². The highest BCUT2D eigenvalue weighted by atomic mass is 32.1. The molecule has 2 rings (SSSR count). The van der Waals surface area contributed by atoms with Gasteiger partial charge in [0.05, 0.1) is 0 Å². The smallest absolute Gasteiger partial charge is 0.175 e. The molecule has 0 bridgehead atoms. The van der Waals surface area contributed by atoms with Crippen LogP contribution in [0.1, 0.15) is 0 Å². The number of halogens is 1. The van der Waals surface area contributed by atoms with Crippen molar-refractivity contribution in [2.24, 2.45) is 0 Å². The van der Waals surface area contributed by atoms with E-state index in [1.54, 1.807) is 12.1 Å². The summed E-state index contributed by atoms with van der Waals surface area (Å²) < 4.78 is 12.8. The van der Waals surface area contributed by atoms with Crippen LogP contribution in [-0.2, 0) is 0 Å². The molecule has 2 aromatic carbocycles. The molecule has 0 atom stereocenters. The molecular formula is C15H16FN3S. The Morgan fingerprint density at radius 3 is 1.80 bits per heavy atom. The lowest BCUT2D eigenvalue weighted by Crippen LogP contribution is -2.19. The van der Waals surface area contributed by atoms with Gasteiger partial charge in [-0.1, -0.05) is 0 Å².